The van der Waals surface area contributed by atoms with Crippen LogP contribution in [0.15, 0.2) is 0 Å². The fourth-order valence-corrected chi connectivity index (χ4v) is 0.862. The first-order valence-corrected chi connectivity index (χ1v) is 6.77. The van der Waals surface area contributed by atoms with Crippen LogP contribution in [0.2, 0.25) is 0 Å². The minimum Gasteiger partial charge on any atom is -0.207 e. The molecule has 0 spiro atoms. The van der Waals surface area contributed by atoms with Crippen molar-refractivity contribution in [3.8, 4) is 0 Å². The fourth-order valence-electron chi connectivity index (χ4n) is 0.862. The molecule has 0 amide bonds. The molecule has 16 heavy (non-hydrogen) atoms. The van der Waals surface area contributed by atoms with E-state index in [2.05, 4.69) is 20.8 Å². The molecule has 0 aromatic heterocycles. The van der Waals surface area contributed by atoms with E-state index in [9.17, 15) is 8.78 Å². The first-order chi connectivity index (χ1) is 7.39. The molecule has 0 heterocycles. The van der Waals surface area contributed by atoms with Crippen LogP contribution in [0.5, 0.6) is 0 Å². The van der Waals surface area contributed by atoms with Crippen molar-refractivity contribution in [2.24, 2.45) is 5.92 Å². The average molecular weight is 238 g/mol. The van der Waals surface area contributed by atoms with Crippen LogP contribution in [0.25, 0.3) is 0 Å². The molecule has 0 unspecified atom stereocenters. The Morgan fingerprint density at radius 2 is 1.31 bits per heavy atom. The van der Waals surface area contributed by atoms with Crippen LogP contribution in [0.1, 0.15) is 80.6 Å². The zero-order valence-corrected chi connectivity index (χ0v) is 12.4. The zero-order valence-electron chi connectivity index (χ0n) is 12.4. The molecule has 0 nitrogen and oxygen atoms in total. The number of hydrogen-bond donors (Lipinski definition) is 0. The van der Waals surface area contributed by atoms with Gasteiger partial charge in [0.15, 0.2) is 0 Å². The van der Waals surface area contributed by atoms with Crippen molar-refractivity contribution < 1.29 is 8.78 Å². The summed E-state index contributed by atoms with van der Waals surface area (Å²) in [5.74, 6) is -1.51. The summed E-state index contributed by atoms with van der Waals surface area (Å²) in [6, 6.07) is 0. The van der Waals surface area contributed by atoms with Gasteiger partial charge in [0.05, 0.1) is 0 Å². The Bertz CT molecular complexity index is 103. The highest BCUT2D eigenvalue weighted by molar-refractivity contribution is 4.57. The maximum atomic E-state index is 11.9. The van der Waals surface area contributed by atoms with Gasteiger partial charge in [-0.05, 0) is 5.92 Å². The van der Waals surface area contributed by atoms with Gasteiger partial charge < -0.3 is 0 Å². The summed E-state index contributed by atoms with van der Waals surface area (Å²) in [5, 5.41) is 0. The minimum atomic E-state index is -2.42. The highest BCUT2D eigenvalue weighted by Crippen LogP contribution is 2.20. The van der Waals surface area contributed by atoms with Gasteiger partial charge in [0.25, 0.3) is 0 Å². The number of halogens is 2. The van der Waals surface area contributed by atoms with E-state index in [-0.39, 0.29) is 12.8 Å². The van der Waals surface area contributed by atoms with Crippen LogP contribution in [-0.2, 0) is 0 Å². The van der Waals surface area contributed by atoms with E-state index in [1.807, 2.05) is 13.8 Å². The Hall–Kier alpha value is -0.140. The molecule has 102 valence electrons. The molecule has 0 aliphatic rings. The van der Waals surface area contributed by atoms with Crippen molar-refractivity contribution in [3.63, 3.8) is 0 Å². The Kier molecular flexibility index (Phi) is 19.7. The van der Waals surface area contributed by atoms with Crippen LogP contribution >= 0.6 is 0 Å². The second-order valence-corrected chi connectivity index (χ2v) is 4.10. The molecule has 0 N–H and O–H groups in total. The van der Waals surface area contributed by atoms with Gasteiger partial charge in [-0.2, -0.15) is 0 Å². The molecule has 0 aliphatic carbocycles. The zero-order chi connectivity index (χ0) is 13.6. The SMILES string of the molecule is CC.CCC(F)(F)CC.CCCCC(C)C. The lowest BCUT2D eigenvalue weighted by molar-refractivity contribution is -0.00646. The molecule has 0 rings (SSSR count). The van der Waals surface area contributed by atoms with Gasteiger partial charge >= 0.3 is 0 Å². The topological polar surface area (TPSA) is 0 Å². The first-order valence-electron chi connectivity index (χ1n) is 6.77. The molecular weight excluding hydrogens is 206 g/mol. The van der Waals surface area contributed by atoms with Crippen LogP contribution in [-0.4, -0.2) is 5.92 Å². The van der Waals surface area contributed by atoms with Crippen LogP contribution < -0.4 is 0 Å². The van der Waals surface area contributed by atoms with Crippen LogP contribution in [0, 0.1) is 5.92 Å². The quantitative estimate of drug-likeness (QED) is 0.527. The van der Waals surface area contributed by atoms with Gasteiger partial charge in [0.2, 0.25) is 5.92 Å². The molecule has 0 radical (unpaired) electrons. The minimum absolute atomic E-state index is 0.0382. The van der Waals surface area contributed by atoms with Crippen molar-refractivity contribution in [2.45, 2.75) is 86.5 Å². The van der Waals surface area contributed by atoms with Gasteiger partial charge in [-0.3, -0.25) is 0 Å². The van der Waals surface area contributed by atoms with E-state index < -0.39 is 5.92 Å². The second-order valence-electron chi connectivity index (χ2n) is 4.10. The summed E-state index contributed by atoms with van der Waals surface area (Å²) >= 11 is 0. The third-order valence-electron chi connectivity index (χ3n) is 2.17. The normalized spacial score (nSPS) is 10.1. The standard InChI is InChI=1S/C7H16.C5H10F2.C2H6/c1-4-5-6-7(2)3;1-3-5(6,7)4-2;1-2/h7H,4-6H2,1-3H3;3-4H2,1-2H3;1-2H3. The summed E-state index contributed by atoms with van der Waals surface area (Å²) in [6.07, 6.45) is 4.07. The number of rotatable bonds is 5. The Morgan fingerprint density at radius 3 is 1.38 bits per heavy atom. The number of hydrogen-bond acceptors (Lipinski definition) is 0. The molecule has 0 fully saturated rings. The van der Waals surface area contributed by atoms with Crippen molar-refractivity contribution in [3.05, 3.63) is 0 Å². The third kappa shape index (κ3) is 23.6. The van der Waals surface area contributed by atoms with E-state index in [0.29, 0.717) is 0 Å². The maximum absolute atomic E-state index is 11.9. The van der Waals surface area contributed by atoms with E-state index in [1.165, 1.54) is 33.1 Å². The van der Waals surface area contributed by atoms with Crippen LogP contribution in [0.3, 0.4) is 0 Å². The predicted molar refractivity (Wildman–Crippen MR) is 71.2 cm³/mol. The molecule has 0 aromatic rings. The fraction of sp³-hybridized carbons (Fsp3) is 1.00. The average Bonchev–Trinajstić information content (AvgIpc) is 2.30. The van der Waals surface area contributed by atoms with Gasteiger partial charge in [-0.25, -0.2) is 8.78 Å². The third-order valence-corrected chi connectivity index (χ3v) is 2.17. The van der Waals surface area contributed by atoms with Gasteiger partial charge in [-0.15, -0.1) is 0 Å². The molecule has 0 bridgehead atoms. The van der Waals surface area contributed by atoms with E-state index >= 15 is 0 Å². The first kappa shape index (κ1) is 21.2. The lowest BCUT2D eigenvalue weighted by Gasteiger charge is -2.08. The van der Waals surface area contributed by atoms with Crippen molar-refractivity contribution in [2.75, 3.05) is 0 Å². The summed E-state index contributed by atoms with van der Waals surface area (Å²) in [7, 11) is 0. The lowest BCUT2D eigenvalue weighted by atomic mass is 10.1. The Balaban J connectivity index is -0.000000183. The predicted octanol–water partition coefficient (Wildman–Crippen LogP) is 6.30. The highest BCUT2D eigenvalue weighted by Gasteiger charge is 2.21. The molecule has 2 heteroatoms. The Morgan fingerprint density at radius 1 is 0.938 bits per heavy atom. The largest absolute Gasteiger partial charge is 0.247 e. The summed E-state index contributed by atoms with van der Waals surface area (Å²) in [6.45, 7) is 13.8. The molecule has 0 aliphatic heterocycles. The number of alkyl halides is 2. The van der Waals surface area contributed by atoms with Gasteiger partial charge in [0.1, 0.15) is 0 Å². The maximum Gasteiger partial charge on any atom is 0.247 e. The van der Waals surface area contributed by atoms with Crippen LogP contribution in [0.4, 0.5) is 8.78 Å². The van der Waals surface area contributed by atoms with Crippen molar-refractivity contribution >= 4 is 0 Å². The molecular formula is C14H32F2. The smallest absolute Gasteiger partial charge is 0.207 e. The molecule has 0 saturated carbocycles. The van der Waals surface area contributed by atoms with E-state index in [4.69, 9.17) is 0 Å². The monoisotopic (exact) mass is 238 g/mol. The van der Waals surface area contributed by atoms with Crippen molar-refractivity contribution in [1.29, 1.82) is 0 Å². The van der Waals surface area contributed by atoms with E-state index in [1.54, 1.807) is 0 Å². The molecule has 0 atom stereocenters. The highest BCUT2D eigenvalue weighted by atomic mass is 19.3. The van der Waals surface area contributed by atoms with Gasteiger partial charge in [0, 0.05) is 12.8 Å². The number of unbranched alkanes of at least 4 members (excludes halogenated alkanes) is 1. The van der Waals surface area contributed by atoms with Crippen molar-refractivity contribution in [1.82, 2.24) is 0 Å². The second kappa shape index (κ2) is 14.9. The lowest BCUT2D eigenvalue weighted by Crippen LogP contribution is -2.10. The summed E-state index contributed by atoms with van der Waals surface area (Å²) in [5.41, 5.74) is 0. The van der Waals surface area contributed by atoms with E-state index in [0.717, 1.165) is 5.92 Å². The summed E-state index contributed by atoms with van der Waals surface area (Å²) in [4.78, 5) is 0. The van der Waals surface area contributed by atoms with Gasteiger partial charge in [-0.1, -0.05) is 67.7 Å². The Labute approximate surface area is 102 Å². The molecule has 0 aromatic carbocycles. The summed E-state index contributed by atoms with van der Waals surface area (Å²) < 4.78 is 23.8. The molecule has 0 saturated heterocycles.